The number of alkyl halides is 1. The summed E-state index contributed by atoms with van der Waals surface area (Å²) >= 11 is 0. The van der Waals surface area contributed by atoms with Crippen LogP contribution in [0.15, 0.2) is 46.1 Å². The SMILES string of the molecule is CCC(C)OC(=O)[C@H](C)NP(OC[C@]1(C)CC(C)C(n2ccc(=O)[nH]c2=O)O1)Oc1ccc(CN)cc1.CF.CO. The first-order chi connectivity index (χ1) is 19.5. The molecule has 6 atom stereocenters. The molecule has 1 aromatic heterocycles. The van der Waals surface area contributed by atoms with Gasteiger partial charge in [-0.05, 0) is 51.3 Å². The fraction of sp³-hybridized carbons (Fsp3) is 0.593. The number of nitrogens with zero attached hydrogens (tertiary/aromatic N) is 1. The second kappa shape index (κ2) is 18.0. The molecule has 1 aliphatic rings. The number of aromatic amines is 1. The first-order valence-corrected chi connectivity index (χ1v) is 14.4. The van der Waals surface area contributed by atoms with Crippen LogP contribution in [0.1, 0.15) is 59.3 Å². The predicted molar refractivity (Wildman–Crippen MR) is 155 cm³/mol. The van der Waals surface area contributed by atoms with Gasteiger partial charge < -0.3 is 29.4 Å². The number of aliphatic hydroxyl groups is 1. The van der Waals surface area contributed by atoms with Crippen molar-refractivity contribution in [3.8, 4) is 5.75 Å². The highest BCUT2D eigenvalue weighted by atomic mass is 31.2. The fourth-order valence-electron chi connectivity index (χ4n) is 3.95. The molecule has 0 amide bonds. The van der Waals surface area contributed by atoms with Crippen LogP contribution < -0.4 is 26.6 Å². The van der Waals surface area contributed by atoms with Gasteiger partial charge in [0, 0.05) is 31.8 Å². The summed E-state index contributed by atoms with van der Waals surface area (Å²) in [6.45, 7) is 9.88. The molecule has 41 heavy (non-hydrogen) atoms. The lowest BCUT2D eigenvalue weighted by molar-refractivity contribution is -0.150. The number of carbonyl (C=O) groups is 1. The van der Waals surface area contributed by atoms with Gasteiger partial charge in [-0.15, -0.1) is 0 Å². The first-order valence-electron chi connectivity index (χ1n) is 13.2. The van der Waals surface area contributed by atoms with Crippen LogP contribution in [0.4, 0.5) is 4.39 Å². The molecule has 2 heterocycles. The van der Waals surface area contributed by atoms with Crippen LogP contribution in [-0.2, 0) is 25.3 Å². The Morgan fingerprint density at radius 3 is 2.46 bits per heavy atom. The summed E-state index contributed by atoms with van der Waals surface area (Å²) in [7, 11) is -0.271. The standard InChI is InChI=1S/C25H37N4O7P.CH3F.CH4O/c1-6-17(3)34-23(31)18(4)28-37(36-20-9-7-19(14-26)8-10-20)33-15-25(5)13-16(2)22(35-25)29-12-11-21(30)27-24(29)32;2*1-2/h7-12,16-18,22,28H,6,13-15,26H2,1-5H3,(H,27,30,32);1H3;2H,1H3/t16?,17?,18-,22?,25-,37?;;/m0../s1. The molecule has 12 nitrogen and oxygen atoms in total. The van der Waals surface area contributed by atoms with Gasteiger partial charge in [0.1, 0.15) is 18.0 Å². The molecule has 1 aliphatic heterocycles. The quantitative estimate of drug-likeness (QED) is 0.209. The van der Waals surface area contributed by atoms with Gasteiger partial charge in [0.25, 0.3) is 5.56 Å². The fourth-order valence-corrected chi connectivity index (χ4v) is 5.26. The van der Waals surface area contributed by atoms with E-state index in [0.717, 1.165) is 12.7 Å². The zero-order valence-corrected chi connectivity index (χ0v) is 25.7. The van der Waals surface area contributed by atoms with Crippen molar-refractivity contribution in [2.75, 3.05) is 20.9 Å². The molecular weight excluding hydrogens is 558 g/mol. The Labute approximate surface area is 241 Å². The second-order valence-corrected chi connectivity index (χ2v) is 10.8. The highest BCUT2D eigenvalue weighted by Crippen LogP contribution is 2.44. The highest BCUT2D eigenvalue weighted by molar-refractivity contribution is 7.45. The number of nitrogens with two attached hydrogens (primary N) is 1. The summed E-state index contributed by atoms with van der Waals surface area (Å²) < 4.78 is 34.8. The van der Waals surface area contributed by atoms with Crippen molar-refractivity contribution in [1.82, 2.24) is 14.6 Å². The molecule has 0 saturated carbocycles. The zero-order chi connectivity index (χ0) is 31.2. The summed E-state index contributed by atoms with van der Waals surface area (Å²) in [5.74, 6) is 0.134. The van der Waals surface area contributed by atoms with Gasteiger partial charge in [-0.25, -0.2) is 9.88 Å². The van der Waals surface area contributed by atoms with Crippen molar-refractivity contribution in [1.29, 1.82) is 0 Å². The predicted octanol–water partition coefficient (Wildman–Crippen LogP) is 3.15. The molecule has 14 heteroatoms. The monoisotopic (exact) mass is 602 g/mol. The Bertz CT molecular complexity index is 1160. The number of hydrogen-bond donors (Lipinski definition) is 4. The van der Waals surface area contributed by atoms with E-state index in [0.29, 0.717) is 32.3 Å². The average Bonchev–Trinajstić information content (AvgIpc) is 3.27. The molecule has 0 spiro atoms. The molecule has 3 rings (SSSR count). The topological polar surface area (TPSA) is 167 Å². The molecule has 1 aromatic carbocycles. The maximum atomic E-state index is 12.5. The van der Waals surface area contributed by atoms with Crippen LogP contribution in [0, 0.1) is 5.92 Å². The van der Waals surface area contributed by atoms with Crippen molar-refractivity contribution in [3.63, 3.8) is 0 Å². The number of esters is 1. The third-order valence-corrected chi connectivity index (χ3v) is 7.49. The summed E-state index contributed by atoms with van der Waals surface area (Å²) in [6.07, 6.45) is 1.98. The van der Waals surface area contributed by atoms with Gasteiger partial charge in [0.05, 0.1) is 25.5 Å². The Hall–Kier alpha value is -2.67. The van der Waals surface area contributed by atoms with Gasteiger partial charge in [-0.1, -0.05) is 26.0 Å². The number of H-pyrrole nitrogens is 1. The maximum absolute atomic E-state index is 12.5. The number of carbonyl (C=O) groups excluding carboxylic acids is 1. The number of nitrogens with one attached hydrogen (secondary N) is 2. The number of aliphatic hydroxyl groups excluding tert-OH is 1. The van der Waals surface area contributed by atoms with Crippen LogP contribution in [0.5, 0.6) is 5.75 Å². The Morgan fingerprint density at radius 2 is 1.90 bits per heavy atom. The lowest BCUT2D eigenvalue weighted by atomic mass is 9.97. The number of ether oxygens (including phenoxy) is 2. The molecule has 0 bridgehead atoms. The van der Waals surface area contributed by atoms with Gasteiger partial charge in [-0.3, -0.25) is 23.5 Å². The van der Waals surface area contributed by atoms with Crippen molar-refractivity contribution in [3.05, 3.63) is 62.9 Å². The molecule has 1 fully saturated rings. The minimum atomic E-state index is -1.77. The van der Waals surface area contributed by atoms with E-state index in [4.69, 9.17) is 29.4 Å². The lowest BCUT2D eigenvalue weighted by Gasteiger charge is -2.28. The van der Waals surface area contributed by atoms with Crippen LogP contribution in [-0.4, -0.2) is 59.3 Å². The largest absolute Gasteiger partial charge is 0.462 e. The van der Waals surface area contributed by atoms with Crippen LogP contribution in [0.3, 0.4) is 0 Å². The number of rotatable bonds is 12. The van der Waals surface area contributed by atoms with Crippen molar-refractivity contribution < 1.29 is 32.8 Å². The zero-order valence-electron chi connectivity index (χ0n) is 24.8. The van der Waals surface area contributed by atoms with E-state index in [1.54, 1.807) is 19.1 Å². The van der Waals surface area contributed by atoms with Crippen LogP contribution in [0.25, 0.3) is 0 Å². The van der Waals surface area contributed by atoms with Crippen molar-refractivity contribution in [2.45, 2.75) is 78.0 Å². The summed E-state index contributed by atoms with van der Waals surface area (Å²) in [4.78, 5) is 38.5. The minimum Gasteiger partial charge on any atom is -0.462 e. The molecule has 0 radical (unpaired) electrons. The third kappa shape index (κ3) is 11.3. The van der Waals surface area contributed by atoms with Crippen LogP contribution >= 0.6 is 8.53 Å². The number of halogens is 1. The molecule has 4 unspecified atom stereocenters. The van der Waals surface area contributed by atoms with E-state index in [1.807, 2.05) is 39.8 Å². The first kappa shape index (κ1) is 36.4. The van der Waals surface area contributed by atoms with Gasteiger partial charge >= 0.3 is 20.2 Å². The highest BCUT2D eigenvalue weighted by Gasteiger charge is 2.43. The number of hydrogen-bond acceptors (Lipinski definition) is 10. The molecule has 5 N–H and O–H groups in total. The molecular formula is C27H44FN4O8P. The number of aromatic nitrogens is 2. The van der Waals surface area contributed by atoms with E-state index in [-0.39, 0.29) is 18.6 Å². The third-order valence-electron chi connectivity index (χ3n) is 6.15. The Morgan fingerprint density at radius 1 is 1.27 bits per heavy atom. The number of benzene rings is 1. The van der Waals surface area contributed by atoms with E-state index < -0.39 is 43.6 Å². The van der Waals surface area contributed by atoms with Gasteiger partial charge in [-0.2, -0.15) is 0 Å². The normalized spacial score (nSPS) is 21.8. The van der Waals surface area contributed by atoms with E-state index in [9.17, 15) is 18.8 Å². The molecule has 1 saturated heterocycles. The Kier molecular flexibility index (Phi) is 16.0. The van der Waals surface area contributed by atoms with Crippen LogP contribution in [0.2, 0.25) is 0 Å². The minimum absolute atomic E-state index is 0.0226. The summed E-state index contributed by atoms with van der Waals surface area (Å²) in [5, 5.41) is 10.1. The van der Waals surface area contributed by atoms with Gasteiger partial charge in [0.2, 0.25) is 0 Å². The second-order valence-electron chi connectivity index (χ2n) is 9.63. The Balaban J connectivity index is 0.00000201. The van der Waals surface area contributed by atoms with E-state index >= 15 is 0 Å². The van der Waals surface area contributed by atoms with E-state index in [1.165, 1.54) is 16.8 Å². The molecule has 2 aromatic rings. The summed E-state index contributed by atoms with van der Waals surface area (Å²) in [6, 6.07) is 7.92. The molecule has 232 valence electrons. The molecule has 0 aliphatic carbocycles. The smallest absolute Gasteiger partial charge is 0.330 e. The lowest BCUT2D eigenvalue weighted by Crippen LogP contribution is -2.37. The van der Waals surface area contributed by atoms with E-state index in [2.05, 4.69) is 10.1 Å². The van der Waals surface area contributed by atoms with Crippen molar-refractivity contribution >= 4 is 14.5 Å². The van der Waals surface area contributed by atoms with Gasteiger partial charge in [0.15, 0.2) is 0 Å². The average molecular weight is 603 g/mol. The van der Waals surface area contributed by atoms with Crippen molar-refractivity contribution in [2.24, 2.45) is 11.7 Å². The maximum Gasteiger partial charge on any atom is 0.330 e. The summed E-state index contributed by atoms with van der Waals surface area (Å²) in [5.41, 5.74) is 4.91.